The average Bonchev–Trinajstić information content (AvgIpc) is 3.08. The van der Waals surface area contributed by atoms with Crippen molar-refractivity contribution in [1.29, 1.82) is 0 Å². The van der Waals surface area contributed by atoms with Gasteiger partial charge in [0.2, 0.25) is 0 Å². The summed E-state index contributed by atoms with van der Waals surface area (Å²) >= 11 is 7.81. The predicted octanol–water partition coefficient (Wildman–Crippen LogP) is 5.10. The first-order chi connectivity index (χ1) is 13.6. The molecule has 0 fully saturated rings. The highest BCUT2D eigenvalue weighted by atomic mass is 35.5. The molecule has 1 aromatic carbocycles. The Bertz CT molecular complexity index is 939. The molecule has 2 heterocycles. The summed E-state index contributed by atoms with van der Waals surface area (Å²) in [5.74, 6) is -1.19. The van der Waals surface area contributed by atoms with E-state index in [1.54, 1.807) is 31.2 Å². The lowest BCUT2D eigenvalue weighted by Gasteiger charge is -2.40. The molecule has 0 saturated heterocycles. The number of carboxylic acids is 1. The minimum atomic E-state index is -1.25. The monoisotopic (exact) mass is 435 g/mol. The summed E-state index contributed by atoms with van der Waals surface area (Å²) in [6.45, 7) is 8.42. The van der Waals surface area contributed by atoms with Gasteiger partial charge in [0.05, 0.1) is 5.41 Å². The number of aliphatic carboxylic acids is 1. The summed E-state index contributed by atoms with van der Waals surface area (Å²) in [4.78, 5) is 27.8. The zero-order valence-corrected chi connectivity index (χ0v) is 18.7. The van der Waals surface area contributed by atoms with Crippen molar-refractivity contribution in [3.05, 3.63) is 51.4 Å². The van der Waals surface area contributed by atoms with Gasteiger partial charge in [-0.15, -0.1) is 11.3 Å². The van der Waals surface area contributed by atoms with Crippen molar-refractivity contribution in [1.82, 2.24) is 4.90 Å². The molecule has 7 heteroatoms. The smallest absolute Gasteiger partial charge is 0.328 e. The fraction of sp³-hybridized carbons (Fsp3) is 0.455. The van der Waals surface area contributed by atoms with E-state index in [9.17, 15) is 14.7 Å². The Kier molecular flexibility index (Phi) is 6.08. The van der Waals surface area contributed by atoms with Gasteiger partial charge in [0.25, 0.3) is 0 Å². The Morgan fingerprint density at radius 2 is 1.97 bits per heavy atom. The van der Waals surface area contributed by atoms with Gasteiger partial charge in [0.15, 0.2) is 5.06 Å². The molecule has 3 rings (SSSR count). The Balaban J connectivity index is 1.87. The zero-order valence-electron chi connectivity index (χ0n) is 17.1. The topological polar surface area (TPSA) is 66.8 Å². The maximum absolute atomic E-state index is 12.4. The van der Waals surface area contributed by atoms with Gasteiger partial charge in [-0.1, -0.05) is 36.7 Å². The first kappa shape index (κ1) is 21.8. The Labute approximate surface area is 180 Å². The van der Waals surface area contributed by atoms with Crippen molar-refractivity contribution in [2.24, 2.45) is 5.41 Å². The van der Waals surface area contributed by atoms with E-state index in [2.05, 4.69) is 0 Å². The van der Waals surface area contributed by atoms with E-state index in [0.29, 0.717) is 41.6 Å². The van der Waals surface area contributed by atoms with E-state index in [-0.39, 0.29) is 5.97 Å². The van der Waals surface area contributed by atoms with Crippen LogP contribution in [-0.2, 0) is 28.1 Å². The lowest BCUT2D eigenvalue weighted by atomic mass is 9.88. The molecule has 1 N–H and O–H groups in total. The van der Waals surface area contributed by atoms with Crippen molar-refractivity contribution in [2.45, 2.75) is 52.6 Å². The second-order valence-electron chi connectivity index (χ2n) is 8.17. The molecule has 0 unspecified atom stereocenters. The number of esters is 1. The highest BCUT2D eigenvalue weighted by molar-refractivity contribution is 7.14. The van der Waals surface area contributed by atoms with Crippen LogP contribution in [-0.4, -0.2) is 28.5 Å². The van der Waals surface area contributed by atoms with Crippen LogP contribution in [0.1, 0.15) is 50.1 Å². The van der Waals surface area contributed by atoms with Crippen molar-refractivity contribution in [2.75, 3.05) is 6.54 Å². The number of hydrogen-bond acceptors (Lipinski definition) is 5. The number of carbonyl (C=O) groups is 2. The number of thiophene rings is 1. The van der Waals surface area contributed by atoms with E-state index < -0.39 is 16.9 Å². The van der Waals surface area contributed by atoms with Gasteiger partial charge in [0, 0.05) is 28.6 Å². The molecular formula is C22H26ClNO4S. The van der Waals surface area contributed by atoms with Gasteiger partial charge in [-0.2, -0.15) is 0 Å². The molecular weight excluding hydrogens is 410 g/mol. The summed E-state index contributed by atoms with van der Waals surface area (Å²) in [5.41, 5.74) is -0.219. The van der Waals surface area contributed by atoms with Gasteiger partial charge < -0.3 is 9.84 Å². The largest absolute Gasteiger partial charge is 0.480 e. The SMILES string of the molecule is CCC(C)(C)C(=O)Oc1cc2c(s1)CCN([C@](C)(C(=O)O)c1ccccc1Cl)C2. The van der Waals surface area contributed by atoms with Crippen LogP contribution in [0.3, 0.4) is 0 Å². The molecule has 0 amide bonds. The highest BCUT2D eigenvalue weighted by Gasteiger charge is 2.44. The van der Waals surface area contributed by atoms with E-state index in [4.69, 9.17) is 16.3 Å². The van der Waals surface area contributed by atoms with Crippen molar-refractivity contribution in [3.8, 4) is 5.06 Å². The number of hydrogen-bond donors (Lipinski definition) is 1. The summed E-state index contributed by atoms with van der Waals surface area (Å²) in [6.07, 6.45) is 1.39. The van der Waals surface area contributed by atoms with Crippen LogP contribution in [0.5, 0.6) is 5.06 Å². The number of benzene rings is 1. The summed E-state index contributed by atoms with van der Waals surface area (Å²) in [5, 5.41) is 11.1. The number of fused-ring (bicyclic) bond motifs is 1. The third kappa shape index (κ3) is 4.06. The van der Waals surface area contributed by atoms with Crippen LogP contribution < -0.4 is 4.74 Å². The molecule has 5 nitrogen and oxygen atoms in total. The molecule has 1 atom stereocenters. The van der Waals surface area contributed by atoms with Gasteiger partial charge in [0.1, 0.15) is 5.54 Å². The number of nitrogens with zero attached hydrogens (tertiary/aromatic N) is 1. The standard InChI is InChI=1S/C22H26ClNO4S/c1-5-21(2,3)20(27)28-18-12-14-13-24(11-10-17(14)29-18)22(4,19(25)26)15-8-6-7-9-16(15)23/h6-9,12H,5,10-11,13H2,1-4H3,(H,25,26)/t22-/m0/s1. The van der Waals surface area contributed by atoms with Crippen LogP contribution in [0.4, 0.5) is 0 Å². The summed E-state index contributed by atoms with van der Waals surface area (Å²) in [6, 6.07) is 8.94. The average molecular weight is 436 g/mol. The molecule has 2 aromatic rings. The Morgan fingerprint density at radius 3 is 2.59 bits per heavy atom. The minimum absolute atomic E-state index is 0.248. The highest BCUT2D eigenvalue weighted by Crippen LogP contribution is 2.40. The van der Waals surface area contributed by atoms with Gasteiger partial charge in [-0.3, -0.25) is 9.69 Å². The van der Waals surface area contributed by atoms with Gasteiger partial charge >= 0.3 is 11.9 Å². The van der Waals surface area contributed by atoms with Crippen LogP contribution in [0.25, 0.3) is 0 Å². The molecule has 1 aromatic heterocycles. The van der Waals surface area contributed by atoms with E-state index in [1.165, 1.54) is 11.3 Å². The zero-order chi connectivity index (χ0) is 21.4. The maximum atomic E-state index is 12.4. The fourth-order valence-electron chi connectivity index (χ4n) is 3.39. The second-order valence-corrected chi connectivity index (χ2v) is 9.68. The molecule has 29 heavy (non-hydrogen) atoms. The predicted molar refractivity (Wildman–Crippen MR) is 115 cm³/mol. The molecule has 0 saturated carbocycles. The molecule has 1 aliphatic heterocycles. The van der Waals surface area contributed by atoms with Crippen molar-refractivity contribution in [3.63, 3.8) is 0 Å². The van der Waals surface area contributed by atoms with E-state index in [0.717, 1.165) is 10.4 Å². The van der Waals surface area contributed by atoms with Gasteiger partial charge in [-0.05, 0) is 51.3 Å². The summed E-state index contributed by atoms with van der Waals surface area (Å²) < 4.78 is 5.62. The minimum Gasteiger partial charge on any atom is -0.480 e. The maximum Gasteiger partial charge on any atom is 0.328 e. The van der Waals surface area contributed by atoms with Crippen molar-refractivity contribution < 1.29 is 19.4 Å². The lowest BCUT2D eigenvalue weighted by Crippen LogP contribution is -2.51. The summed E-state index contributed by atoms with van der Waals surface area (Å²) in [7, 11) is 0. The van der Waals surface area contributed by atoms with E-state index in [1.807, 2.05) is 31.7 Å². The van der Waals surface area contributed by atoms with Crippen LogP contribution in [0.2, 0.25) is 5.02 Å². The normalized spacial score (nSPS) is 16.7. The first-order valence-corrected chi connectivity index (χ1v) is 10.9. The number of carbonyl (C=O) groups excluding carboxylic acids is 1. The molecule has 0 spiro atoms. The van der Waals surface area contributed by atoms with Crippen LogP contribution in [0, 0.1) is 5.41 Å². The Hall–Kier alpha value is -1.89. The number of rotatable bonds is 6. The molecule has 0 bridgehead atoms. The number of halogens is 1. The molecule has 156 valence electrons. The first-order valence-electron chi connectivity index (χ1n) is 9.67. The van der Waals surface area contributed by atoms with Crippen molar-refractivity contribution >= 4 is 34.9 Å². The number of ether oxygens (including phenoxy) is 1. The Morgan fingerprint density at radius 1 is 1.28 bits per heavy atom. The lowest BCUT2D eigenvalue weighted by molar-refractivity contribution is -0.152. The molecule has 1 aliphatic rings. The van der Waals surface area contributed by atoms with Gasteiger partial charge in [-0.25, -0.2) is 4.79 Å². The molecule has 0 aliphatic carbocycles. The van der Waals surface area contributed by atoms with Crippen LogP contribution in [0.15, 0.2) is 30.3 Å². The fourth-order valence-corrected chi connectivity index (χ4v) is 4.72. The third-order valence-corrected chi connectivity index (χ3v) is 7.37. The van der Waals surface area contributed by atoms with Crippen LogP contribution >= 0.6 is 22.9 Å². The quantitative estimate of drug-likeness (QED) is 0.639. The second kappa shape index (κ2) is 8.09. The molecule has 0 radical (unpaired) electrons. The number of carboxylic acid groups (broad SMARTS) is 1. The van der Waals surface area contributed by atoms with E-state index >= 15 is 0 Å². The third-order valence-electron chi connectivity index (χ3n) is 5.92.